The van der Waals surface area contributed by atoms with Gasteiger partial charge in [0.05, 0.1) is 6.20 Å². The van der Waals surface area contributed by atoms with E-state index in [4.69, 9.17) is 0 Å². The molecule has 5 nitrogen and oxygen atoms in total. The summed E-state index contributed by atoms with van der Waals surface area (Å²) in [7, 11) is 0. The van der Waals surface area contributed by atoms with Gasteiger partial charge in [-0.15, -0.1) is 0 Å². The zero-order valence-electron chi connectivity index (χ0n) is 14.9. The van der Waals surface area contributed by atoms with E-state index >= 15 is 0 Å². The highest BCUT2D eigenvalue weighted by Crippen LogP contribution is 2.29. The average molecular weight is 371 g/mol. The predicted molar refractivity (Wildman–Crippen MR) is 97.6 cm³/mol. The van der Waals surface area contributed by atoms with Crippen molar-refractivity contribution in [1.82, 2.24) is 9.38 Å². The van der Waals surface area contributed by atoms with Gasteiger partial charge in [-0.25, -0.2) is 4.79 Å². The molecule has 3 aromatic rings. The maximum absolute atomic E-state index is 12.5. The fourth-order valence-electron chi connectivity index (χ4n) is 3.78. The standard InChI is InChI=1S/C20H23N4O.ClH/c1-15(25)24-18-12-6-8-14-23(18)20(22-16-9-3-2-4-10-16)19(24)17-11-5-7-13-21-17;/h5-8,11-14,16,22H,2-4,9-10H2,1H3;1H/q+1;/p-1. The van der Waals surface area contributed by atoms with Crippen molar-refractivity contribution >= 4 is 17.4 Å². The van der Waals surface area contributed by atoms with Gasteiger partial charge in [0.2, 0.25) is 5.69 Å². The highest BCUT2D eigenvalue weighted by Gasteiger charge is 2.31. The van der Waals surface area contributed by atoms with Gasteiger partial charge in [0, 0.05) is 25.2 Å². The largest absolute Gasteiger partial charge is 1.00 e. The summed E-state index contributed by atoms with van der Waals surface area (Å²) >= 11 is 0. The minimum absolute atomic E-state index is 0. The Labute approximate surface area is 159 Å². The lowest BCUT2D eigenvalue weighted by atomic mass is 9.95. The number of anilines is 1. The average Bonchev–Trinajstić information content (AvgIpc) is 2.98. The summed E-state index contributed by atoms with van der Waals surface area (Å²) in [5.41, 5.74) is 2.50. The Kier molecular flexibility index (Phi) is 5.57. The zero-order valence-corrected chi connectivity index (χ0v) is 15.6. The smallest absolute Gasteiger partial charge is 0.311 e. The van der Waals surface area contributed by atoms with Crippen molar-refractivity contribution in [3.63, 3.8) is 0 Å². The minimum Gasteiger partial charge on any atom is -1.00 e. The first-order valence-electron chi connectivity index (χ1n) is 8.99. The second kappa shape index (κ2) is 7.87. The quantitative estimate of drug-likeness (QED) is 0.690. The molecule has 0 atom stereocenters. The SMILES string of the molecule is CC(=O)[n+]1c(-c2ccccn2)c(NC2CCCCC2)n2ccccc21.[Cl-]. The molecule has 6 heteroatoms. The van der Waals surface area contributed by atoms with Crippen LogP contribution in [-0.2, 0) is 0 Å². The number of aromatic nitrogens is 3. The Morgan fingerprint density at radius 3 is 2.62 bits per heavy atom. The number of carbonyl (C=O) groups is 1. The topological polar surface area (TPSA) is 50.3 Å². The molecule has 1 aliphatic rings. The van der Waals surface area contributed by atoms with Gasteiger partial charge >= 0.3 is 5.91 Å². The molecule has 0 amide bonds. The molecule has 0 bridgehead atoms. The number of imidazole rings is 1. The van der Waals surface area contributed by atoms with E-state index in [1.54, 1.807) is 17.7 Å². The summed E-state index contributed by atoms with van der Waals surface area (Å²) in [6.07, 6.45) is 9.94. The molecule has 0 spiro atoms. The van der Waals surface area contributed by atoms with Crippen LogP contribution in [0.25, 0.3) is 17.0 Å². The molecule has 0 radical (unpaired) electrons. The summed E-state index contributed by atoms with van der Waals surface area (Å²) in [5, 5.41) is 3.72. The third-order valence-corrected chi connectivity index (χ3v) is 4.92. The van der Waals surface area contributed by atoms with Gasteiger partial charge in [0.15, 0.2) is 0 Å². The number of rotatable bonds is 3. The van der Waals surface area contributed by atoms with Crippen LogP contribution in [0, 0.1) is 0 Å². The number of hydrogen-bond acceptors (Lipinski definition) is 3. The van der Waals surface area contributed by atoms with Crippen LogP contribution >= 0.6 is 0 Å². The molecular weight excluding hydrogens is 348 g/mol. The van der Waals surface area contributed by atoms with Crippen LogP contribution < -0.4 is 22.3 Å². The van der Waals surface area contributed by atoms with Gasteiger partial charge in [-0.3, -0.25) is 4.98 Å². The van der Waals surface area contributed by atoms with E-state index in [0.29, 0.717) is 6.04 Å². The number of pyridine rings is 2. The summed E-state index contributed by atoms with van der Waals surface area (Å²) < 4.78 is 3.83. The van der Waals surface area contributed by atoms with Gasteiger partial charge in [0.1, 0.15) is 5.69 Å². The van der Waals surface area contributed by atoms with E-state index in [1.165, 1.54) is 32.1 Å². The molecule has 1 aliphatic carbocycles. The van der Waals surface area contributed by atoms with Crippen molar-refractivity contribution in [1.29, 1.82) is 0 Å². The van der Waals surface area contributed by atoms with Gasteiger partial charge in [-0.2, -0.15) is 8.97 Å². The second-order valence-corrected chi connectivity index (χ2v) is 6.67. The van der Waals surface area contributed by atoms with Crippen LogP contribution in [0.3, 0.4) is 0 Å². The van der Waals surface area contributed by atoms with Gasteiger partial charge in [-0.1, -0.05) is 31.4 Å². The monoisotopic (exact) mass is 370 g/mol. The molecule has 1 fully saturated rings. The summed E-state index contributed by atoms with van der Waals surface area (Å²) in [6, 6.07) is 12.2. The maximum Gasteiger partial charge on any atom is 0.311 e. The van der Waals surface area contributed by atoms with Crippen molar-refractivity contribution in [2.45, 2.75) is 45.1 Å². The van der Waals surface area contributed by atoms with Crippen LogP contribution in [-0.4, -0.2) is 21.3 Å². The van der Waals surface area contributed by atoms with E-state index in [9.17, 15) is 4.79 Å². The summed E-state index contributed by atoms with van der Waals surface area (Å²) in [4.78, 5) is 17.0. The fourth-order valence-corrected chi connectivity index (χ4v) is 3.78. The molecule has 0 unspecified atom stereocenters. The molecule has 0 saturated heterocycles. The van der Waals surface area contributed by atoms with E-state index in [1.807, 2.05) is 42.6 Å². The Hall–Kier alpha value is -2.40. The lowest BCUT2D eigenvalue weighted by Gasteiger charge is -2.22. The number of fused-ring (bicyclic) bond motifs is 1. The van der Waals surface area contributed by atoms with E-state index in [-0.39, 0.29) is 18.3 Å². The van der Waals surface area contributed by atoms with Crippen molar-refractivity contribution in [3.8, 4) is 11.4 Å². The molecule has 0 aromatic carbocycles. The summed E-state index contributed by atoms with van der Waals surface area (Å²) in [5.74, 6) is 0.942. The number of nitrogens with one attached hydrogen (secondary N) is 1. The Morgan fingerprint density at radius 1 is 1.15 bits per heavy atom. The van der Waals surface area contributed by atoms with Crippen LogP contribution in [0.1, 0.15) is 43.8 Å². The van der Waals surface area contributed by atoms with Crippen molar-refractivity contribution in [2.75, 3.05) is 5.32 Å². The van der Waals surface area contributed by atoms with Crippen LogP contribution in [0.5, 0.6) is 0 Å². The molecule has 1 N–H and O–H groups in total. The minimum atomic E-state index is -0.0129. The predicted octanol–water partition coefficient (Wildman–Crippen LogP) is 0.698. The Bertz CT molecular complexity index is 901. The Balaban J connectivity index is 0.00000196. The molecule has 1 saturated carbocycles. The highest BCUT2D eigenvalue weighted by atomic mass is 35.5. The molecule has 4 rings (SSSR count). The van der Waals surface area contributed by atoms with E-state index in [2.05, 4.69) is 14.7 Å². The van der Waals surface area contributed by atoms with Crippen molar-refractivity contribution in [3.05, 3.63) is 48.8 Å². The molecule has 3 heterocycles. The maximum atomic E-state index is 12.5. The third-order valence-electron chi connectivity index (χ3n) is 4.92. The van der Waals surface area contributed by atoms with Crippen LogP contribution in [0.2, 0.25) is 0 Å². The van der Waals surface area contributed by atoms with Gasteiger partial charge < -0.3 is 17.7 Å². The highest BCUT2D eigenvalue weighted by molar-refractivity contribution is 5.77. The molecule has 0 aliphatic heterocycles. The normalized spacial score (nSPS) is 14.8. The second-order valence-electron chi connectivity index (χ2n) is 6.67. The number of hydrogen-bond donors (Lipinski definition) is 1. The number of carbonyl (C=O) groups excluding carboxylic acids is 1. The molecule has 26 heavy (non-hydrogen) atoms. The van der Waals surface area contributed by atoms with Crippen LogP contribution in [0.4, 0.5) is 5.82 Å². The number of nitrogens with zero attached hydrogens (tertiary/aromatic N) is 3. The number of halogens is 1. The van der Waals surface area contributed by atoms with E-state index in [0.717, 1.165) is 22.9 Å². The fraction of sp³-hybridized carbons (Fsp3) is 0.350. The first kappa shape index (κ1) is 18.4. The van der Waals surface area contributed by atoms with Crippen molar-refractivity contribution in [2.24, 2.45) is 0 Å². The van der Waals surface area contributed by atoms with Gasteiger partial charge in [0.25, 0.3) is 11.5 Å². The first-order valence-corrected chi connectivity index (χ1v) is 8.99. The van der Waals surface area contributed by atoms with Crippen molar-refractivity contribution < 1.29 is 21.8 Å². The lowest BCUT2D eigenvalue weighted by Crippen LogP contribution is -3.00. The zero-order chi connectivity index (χ0) is 17.2. The first-order chi connectivity index (χ1) is 12.3. The van der Waals surface area contributed by atoms with Gasteiger partial charge in [-0.05, 0) is 31.0 Å². The third kappa shape index (κ3) is 3.31. The molecule has 136 valence electrons. The molecule has 3 aromatic heterocycles. The lowest BCUT2D eigenvalue weighted by molar-refractivity contribution is -0.532. The summed E-state index contributed by atoms with van der Waals surface area (Å²) in [6.45, 7) is 1.60. The molecular formula is C20H23ClN4O. The van der Waals surface area contributed by atoms with E-state index < -0.39 is 0 Å². The van der Waals surface area contributed by atoms with Crippen LogP contribution in [0.15, 0.2) is 48.8 Å². The Morgan fingerprint density at radius 2 is 1.92 bits per heavy atom.